The highest BCUT2D eigenvalue weighted by molar-refractivity contribution is 9.10. The van der Waals surface area contributed by atoms with Crippen LogP contribution in [-0.2, 0) is 9.59 Å². The van der Waals surface area contributed by atoms with Crippen molar-refractivity contribution in [1.82, 2.24) is 4.90 Å². The lowest BCUT2D eigenvalue weighted by atomic mass is 10.2. The Morgan fingerprint density at radius 3 is 2.28 bits per heavy atom. The number of nitrogens with one attached hydrogen (secondary N) is 1. The molecule has 0 atom stereocenters. The maximum Gasteiger partial charge on any atom is 0.260 e. The summed E-state index contributed by atoms with van der Waals surface area (Å²) in [5, 5.41) is 2.76. The first kappa shape index (κ1) is 22.5. The van der Waals surface area contributed by atoms with E-state index in [1.54, 1.807) is 37.4 Å². The second-order valence-electron chi connectivity index (χ2n) is 6.07. The topological polar surface area (TPSA) is 77.1 Å². The Labute approximate surface area is 179 Å². The number of likely N-dealkylation sites (N-methyl/N-ethyl adjacent to an activating group) is 1. The SMILES string of the molecule is CCOc1ccc(NC(=O)CN(C)C(=O)COc2ccc(Br)cc2)cc1OCC. The number of halogens is 1. The van der Waals surface area contributed by atoms with Gasteiger partial charge in [-0.05, 0) is 50.2 Å². The summed E-state index contributed by atoms with van der Waals surface area (Å²) in [5.41, 5.74) is 0.564. The Morgan fingerprint density at radius 1 is 0.966 bits per heavy atom. The third-order valence-corrected chi connectivity index (χ3v) is 4.34. The van der Waals surface area contributed by atoms with Crippen LogP contribution in [0.3, 0.4) is 0 Å². The molecule has 0 saturated carbocycles. The van der Waals surface area contributed by atoms with Crippen LogP contribution in [0.15, 0.2) is 46.9 Å². The monoisotopic (exact) mass is 464 g/mol. The van der Waals surface area contributed by atoms with Crippen LogP contribution in [0.25, 0.3) is 0 Å². The van der Waals surface area contributed by atoms with Gasteiger partial charge in [-0.15, -0.1) is 0 Å². The summed E-state index contributed by atoms with van der Waals surface area (Å²) in [6.07, 6.45) is 0. The fourth-order valence-corrected chi connectivity index (χ4v) is 2.68. The Bertz CT molecular complexity index is 826. The quantitative estimate of drug-likeness (QED) is 0.579. The van der Waals surface area contributed by atoms with Gasteiger partial charge >= 0.3 is 0 Å². The Balaban J connectivity index is 1.87. The molecule has 1 N–H and O–H groups in total. The van der Waals surface area contributed by atoms with Gasteiger partial charge in [0.25, 0.3) is 5.91 Å². The summed E-state index contributed by atoms with van der Waals surface area (Å²) >= 11 is 3.34. The summed E-state index contributed by atoms with van der Waals surface area (Å²) in [5.74, 6) is 1.13. The molecular formula is C21H25BrN2O5. The molecule has 8 heteroatoms. The minimum atomic E-state index is -0.323. The predicted molar refractivity (Wildman–Crippen MR) is 115 cm³/mol. The van der Waals surface area contributed by atoms with Gasteiger partial charge in [-0.1, -0.05) is 15.9 Å². The molecule has 29 heavy (non-hydrogen) atoms. The summed E-state index contributed by atoms with van der Waals surface area (Å²) < 4.78 is 17.4. The second kappa shape index (κ2) is 11.3. The lowest BCUT2D eigenvalue weighted by Gasteiger charge is -2.18. The second-order valence-corrected chi connectivity index (χ2v) is 6.98. The number of anilines is 1. The van der Waals surface area contributed by atoms with Crippen molar-refractivity contribution >= 4 is 33.4 Å². The Kier molecular flexibility index (Phi) is 8.79. The highest BCUT2D eigenvalue weighted by atomic mass is 79.9. The van der Waals surface area contributed by atoms with Gasteiger partial charge in [0.15, 0.2) is 18.1 Å². The number of hydrogen-bond donors (Lipinski definition) is 1. The van der Waals surface area contributed by atoms with Crippen LogP contribution in [0, 0.1) is 0 Å². The lowest BCUT2D eigenvalue weighted by molar-refractivity contribution is -0.135. The molecule has 0 unspecified atom stereocenters. The average Bonchev–Trinajstić information content (AvgIpc) is 2.69. The smallest absolute Gasteiger partial charge is 0.260 e. The van der Waals surface area contributed by atoms with E-state index in [9.17, 15) is 9.59 Å². The number of benzene rings is 2. The minimum Gasteiger partial charge on any atom is -0.490 e. The van der Waals surface area contributed by atoms with Gasteiger partial charge < -0.3 is 24.4 Å². The maximum absolute atomic E-state index is 12.3. The average molecular weight is 465 g/mol. The van der Waals surface area contributed by atoms with Gasteiger partial charge in [0.1, 0.15) is 5.75 Å². The van der Waals surface area contributed by atoms with E-state index < -0.39 is 0 Å². The summed E-state index contributed by atoms with van der Waals surface area (Å²) in [4.78, 5) is 25.8. The molecule has 0 aliphatic carbocycles. The van der Waals surface area contributed by atoms with Crippen LogP contribution in [0.2, 0.25) is 0 Å². The molecule has 0 aromatic heterocycles. The number of ether oxygens (including phenoxy) is 3. The van der Waals surface area contributed by atoms with Gasteiger partial charge in [0, 0.05) is 23.3 Å². The normalized spacial score (nSPS) is 10.2. The van der Waals surface area contributed by atoms with Gasteiger partial charge in [-0.2, -0.15) is 0 Å². The van der Waals surface area contributed by atoms with Crippen molar-refractivity contribution in [2.75, 3.05) is 38.7 Å². The number of nitrogens with zero attached hydrogens (tertiary/aromatic N) is 1. The molecule has 2 aromatic rings. The number of carbonyl (C=O) groups excluding carboxylic acids is 2. The van der Waals surface area contributed by atoms with Crippen molar-refractivity contribution < 1.29 is 23.8 Å². The molecule has 0 heterocycles. The minimum absolute atomic E-state index is 0.0975. The molecule has 2 aromatic carbocycles. The fraction of sp³-hybridized carbons (Fsp3) is 0.333. The van der Waals surface area contributed by atoms with Gasteiger partial charge in [-0.3, -0.25) is 9.59 Å². The van der Waals surface area contributed by atoms with Crippen molar-refractivity contribution in [3.8, 4) is 17.2 Å². The number of hydrogen-bond acceptors (Lipinski definition) is 5. The van der Waals surface area contributed by atoms with Crippen LogP contribution in [0.5, 0.6) is 17.2 Å². The Hall–Kier alpha value is -2.74. The van der Waals surface area contributed by atoms with Gasteiger partial charge in [-0.25, -0.2) is 0 Å². The zero-order valence-electron chi connectivity index (χ0n) is 16.7. The molecule has 2 rings (SSSR count). The van der Waals surface area contributed by atoms with Crippen LogP contribution in [0.4, 0.5) is 5.69 Å². The van der Waals surface area contributed by atoms with Crippen LogP contribution < -0.4 is 19.5 Å². The first-order chi connectivity index (χ1) is 13.9. The summed E-state index contributed by atoms with van der Waals surface area (Å²) in [7, 11) is 1.55. The van der Waals surface area contributed by atoms with E-state index in [-0.39, 0.29) is 25.0 Å². The van der Waals surface area contributed by atoms with Crippen LogP contribution in [0.1, 0.15) is 13.8 Å². The standard InChI is InChI=1S/C21H25BrN2O5/c1-4-27-18-11-8-16(12-19(18)28-5-2)23-20(25)13-24(3)21(26)14-29-17-9-6-15(22)7-10-17/h6-12H,4-5,13-14H2,1-3H3,(H,23,25). The van der Waals surface area contributed by atoms with E-state index in [0.29, 0.717) is 36.1 Å². The highest BCUT2D eigenvalue weighted by Gasteiger charge is 2.15. The van der Waals surface area contributed by atoms with Crippen molar-refractivity contribution in [3.63, 3.8) is 0 Å². The van der Waals surface area contributed by atoms with Crippen LogP contribution >= 0.6 is 15.9 Å². The van der Waals surface area contributed by atoms with Crippen molar-refractivity contribution in [2.45, 2.75) is 13.8 Å². The van der Waals surface area contributed by atoms with Gasteiger partial charge in [0.2, 0.25) is 5.91 Å². The predicted octanol–water partition coefficient (Wildman–Crippen LogP) is 3.72. The fourth-order valence-electron chi connectivity index (χ4n) is 2.42. The van der Waals surface area contributed by atoms with Gasteiger partial charge in [0.05, 0.1) is 19.8 Å². The van der Waals surface area contributed by atoms with Crippen LogP contribution in [-0.4, -0.2) is 50.1 Å². The number of carbonyl (C=O) groups is 2. The largest absolute Gasteiger partial charge is 0.490 e. The molecule has 7 nitrogen and oxygen atoms in total. The first-order valence-electron chi connectivity index (χ1n) is 9.24. The molecule has 0 fully saturated rings. The molecule has 0 bridgehead atoms. The number of amides is 2. The molecular weight excluding hydrogens is 440 g/mol. The molecule has 156 valence electrons. The van der Waals surface area contributed by atoms with Crippen molar-refractivity contribution in [3.05, 3.63) is 46.9 Å². The number of rotatable bonds is 10. The Morgan fingerprint density at radius 2 is 1.62 bits per heavy atom. The van der Waals surface area contributed by atoms with E-state index in [0.717, 1.165) is 4.47 Å². The summed E-state index contributed by atoms with van der Waals surface area (Å²) in [6.45, 7) is 4.51. The summed E-state index contributed by atoms with van der Waals surface area (Å²) in [6, 6.07) is 12.3. The third kappa shape index (κ3) is 7.30. The van der Waals surface area contributed by atoms with E-state index in [4.69, 9.17) is 14.2 Å². The molecule has 2 amide bonds. The van der Waals surface area contributed by atoms with Crippen molar-refractivity contribution in [1.29, 1.82) is 0 Å². The molecule has 0 saturated heterocycles. The lowest BCUT2D eigenvalue weighted by Crippen LogP contribution is -2.37. The molecule has 0 spiro atoms. The zero-order valence-corrected chi connectivity index (χ0v) is 18.3. The van der Waals surface area contributed by atoms with Crippen molar-refractivity contribution in [2.24, 2.45) is 0 Å². The third-order valence-electron chi connectivity index (χ3n) is 3.81. The van der Waals surface area contributed by atoms with E-state index >= 15 is 0 Å². The maximum atomic E-state index is 12.3. The first-order valence-corrected chi connectivity index (χ1v) is 10.0. The molecule has 0 aliphatic heterocycles. The van der Waals surface area contributed by atoms with E-state index in [2.05, 4.69) is 21.2 Å². The molecule has 0 aliphatic rings. The molecule has 0 radical (unpaired) electrons. The van der Waals surface area contributed by atoms with E-state index in [1.807, 2.05) is 26.0 Å². The zero-order chi connectivity index (χ0) is 21.2. The highest BCUT2D eigenvalue weighted by Crippen LogP contribution is 2.30. The van der Waals surface area contributed by atoms with E-state index in [1.165, 1.54) is 4.90 Å².